The lowest BCUT2D eigenvalue weighted by Gasteiger charge is -2.28. The van der Waals surface area contributed by atoms with Crippen LogP contribution in [0.3, 0.4) is 0 Å². The SMILES string of the molecule is CCc1nnc(N(C)C(CC)CC)c(C#N)c1CC. The fourth-order valence-corrected chi connectivity index (χ4v) is 2.54. The van der Waals surface area contributed by atoms with Crippen LogP contribution in [-0.4, -0.2) is 23.3 Å². The molecule has 104 valence electrons. The van der Waals surface area contributed by atoms with Gasteiger partial charge in [0.05, 0.1) is 5.69 Å². The van der Waals surface area contributed by atoms with E-state index < -0.39 is 0 Å². The van der Waals surface area contributed by atoms with Gasteiger partial charge in [0.1, 0.15) is 11.6 Å². The van der Waals surface area contributed by atoms with Crippen molar-refractivity contribution in [2.45, 2.75) is 59.4 Å². The van der Waals surface area contributed by atoms with E-state index in [0.717, 1.165) is 42.8 Å². The summed E-state index contributed by atoms with van der Waals surface area (Å²) in [6, 6.07) is 2.73. The lowest BCUT2D eigenvalue weighted by molar-refractivity contribution is 0.582. The van der Waals surface area contributed by atoms with Crippen LogP contribution in [0.4, 0.5) is 5.82 Å². The molecule has 1 rings (SSSR count). The van der Waals surface area contributed by atoms with Gasteiger partial charge in [-0.3, -0.25) is 0 Å². The van der Waals surface area contributed by atoms with Crippen molar-refractivity contribution in [2.24, 2.45) is 0 Å². The molecule has 1 aromatic heterocycles. The first-order valence-electron chi connectivity index (χ1n) is 7.15. The average molecular weight is 260 g/mol. The predicted molar refractivity (Wildman–Crippen MR) is 78.3 cm³/mol. The quantitative estimate of drug-likeness (QED) is 0.788. The summed E-state index contributed by atoms with van der Waals surface area (Å²) >= 11 is 0. The third-order valence-corrected chi connectivity index (χ3v) is 3.76. The van der Waals surface area contributed by atoms with Crippen LogP contribution in [0.1, 0.15) is 57.4 Å². The van der Waals surface area contributed by atoms with Gasteiger partial charge in [-0.25, -0.2) is 0 Å². The zero-order valence-electron chi connectivity index (χ0n) is 12.7. The Kier molecular flexibility index (Phi) is 5.75. The maximum atomic E-state index is 9.48. The molecule has 19 heavy (non-hydrogen) atoms. The fraction of sp³-hybridized carbons (Fsp3) is 0.667. The van der Waals surface area contributed by atoms with Crippen molar-refractivity contribution in [3.05, 3.63) is 16.8 Å². The second-order valence-corrected chi connectivity index (χ2v) is 4.72. The van der Waals surface area contributed by atoms with Crippen LogP contribution >= 0.6 is 0 Å². The van der Waals surface area contributed by atoms with Gasteiger partial charge in [0.2, 0.25) is 0 Å². The normalized spacial score (nSPS) is 10.6. The molecule has 0 bridgehead atoms. The van der Waals surface area contributed by atoms with Crippen molar-refractivity contribution in [3.63, 3.8) is 0 Å². The maximum Gasteiger partial charge on any atom is 0.169 e. The Morgan fingerprint density at radius 3 is 2.16 bits per heavy atom. The molecule has 4 heteroatoms. The van der Waals surface area contributed by atoms with Crippen LogP contribution in [0.25, 0.3) is 0 Å². The molecule has 1 aromatic rings. The summed E-state index contributed by atoms with van der Waals surface area (Å²) in [6.45, 7) is 8.43. The Morgan fingerprint density at radius 1 is 1.11 bits per heavy atom. The van der Waals surface area contributed by atoms with E-state index in [1.807, 2.05) is 7.05 Å². The van der Waals surface area contributed by atoms with Gasteiger partial charge in [0, 0.05) is 13.1 Å². The van der Waals surface area contributed by atoms with E-state index in [-0.39, 0.29) is 0 Å². The Morgan fingerprint density at radius 2 is 1.74 bits per heavy atom. The Labute approximate surface area is 116 Å². The van der Waals surface area contributed by atoms with E-state index in [2.05, 4.69) is 48.9 Å². The molecule has 0 unspecified atom stereocenters. The summed E-state index contributed by atoms with van der Waals surface area (Å²) in [4.78, 5) is 2.10. The number of aromatic nitrogens is 2. The summed E-state index contributed by atoms with van der Waals surface area (Å²) in [6.07, 6.45) is 3.72. The smallest absolute Gasteiger partial charge is 0.169 e. The summed E-state index contributed by atoms with van der Waals surface area (Å²) in [5.41, 5.74) is 2.69. The monoisotopic (exact) mass is 260 g/mol. The zero-order valence-corrected chi connectivity index (χ0v) is 12.7. The molecule has 0 aliphatic rings. The van der Waals surface area contributed by atoms with Crippen LogP contribution in [0.15, 0.2) is 0 Å². The zero-order chi connectivity index (χ0) is 14.4. The molecule has 0 radical (unpaired) electrons. The Bertz CT molecular complexity index is 458. The van der Waals surface area contributed by atoms with Gasteiger partial charge in [0.15, 0.2) is 5.82 Å². The van der Waals surface area contributed by atoms with Crippen molar-refractivity contribution in [3.8, 4) is 6.07 Å². The van der Waals surface area contributed by atoms with Crippen molar-refractivity contribution in [1.29, 1.82) is 5.26 Å². The van der Waals surface area contributed by atoms with Crippen LogP contribution in [0, 0.1) is 11.3 Å². The van der Waals surface area contributed by atoms with Crippen molar-refractivity contribution in [1.82, 2.24) is 10.2 Å². The summed E-state index contributed by atoms with van der Waals surface area (Å²) < 4.78 is 0. The maximum absolute atomic E-state index is 9.48. The van der Waals surface area contributed by atoms with Crippen LogP contribution in [-0.2, 0) is 12.8 Å². The number of aryl methyl sites for hydroxylation is 1. The second kappa shape index (κ2) is 7.08. The third kappa shape index (κ3) is 3.04. The Balaban J connectivity index is 3.33. The van der Waals surface area contributed by atoms with Gasteiger partial charge in [-0.15, -0.1) is 5.10 Å². The first-order chi connectivity index (χ1) is 9.14. The lowest BCUT2D eigenvalue weighted by atomic mass is 10.0. The molecule has 0 saturated heterocycles. The topological polar surface area (TPSA) is 52.8 Å². The third-order valence-electron chi connectivity index (χ3n) is 3.76. The molecule has 0 aliphatic heterocycles. The molecule has 0 aromatic carbocycles. The van der Waals surface area contributed by atoms with Gasteiger partial charge in [0.25, 0.3) is 0 Å². The highest BCUT2D eigenvalue weighted by Crippen LogP contribution is 2.25. The first-order valence-corrected chi connectivity index (χ1v) is 7.15. The van der Waals surface area contributed by atoms with E-state index >= 15 is 0 Å². The van der Waals surface area contributed by atoms with Gasteiger partial charge in [-0.2, -0.15) is 10.4 Å². The van der Waals surface area contributed by atoms with Gasteiger partial charge < -0.3 is 4.90 Å². The highest BCUT2D eigenvalue weighted by atomic mass is 15.3. The van der Waals surface area contributed by atoms with E-state index in [1.54, 1.807) is 0 Å². The molecule has 0 saturated carbocycles. The molecule has 0 spiro atoms. The van der Waals surface area contributed by atoms with Gasteiger partial charge in [-0.05, 0) is 31.2 Å². The lowest BCUT2D eigenvalue weighted by Crippen LogP contribution is -2.32. The largest absolute Gasteiger partial charge is 0.354 e. The first kappa shape index (κ1) is 15.4. The van der Waals surface area contributed by atoms with Crippen molar-refractivity contribution < 1.29 is 0 Å². The van der Waals surface area contributed by atoms with E-state index in [0.29, 0.717) is 11.6 Å². The predicted octanol–water partition coefficient (Wildman–Crippen LogP) is 3.10. The molecule has 0 aliphatic carbocycles. The van der Waals surface area contributed by atoms with E-state index in [9.17, 15) is 5.26 Å². The van der Waals surface area contributed by atoms with E-state index in [1.165, 1.54) is 0 Å². The number of hydrogen-bond acceptors (Lipinski definition) is 4. The number of nitrogens with zero attached hydrogens (tertiary/aromatic N) is 4. The molecule has 0 N–H and O–H groups in total. The molecule has 4 nitrogen and oxygen atoms in total. The molecular weight excluding hydrogens is 236 g/mol. The van der Waals surface area contributed by atoms with Gasteiger partial charge in [-0.1, -0.05) is 27.7 Å². The number of hydrogen-bond donors (Lipinski definition) is 0. The number of nitriles is 1. The minimum absolute atomic E-state index is 0.401. The molecular formula is C15H24N4. The standard InChI is InChI=1S/C15H24N4/c1-6-11(7-2)19(5)15-13(10-16)12(8-3)14(9-4)17-18-15/h11H,6-9H2,1-5H3. The fourth-order valence-electron chi connectivity index (χ4n) is 2.54. The summed E-state index contributed by atoms with van der Waals surface area (Å²) in [5.74, 6) is 0.727. The van der Waals surface area contributed by atoms with Crippen LogP contribution < -0.4 is 4.90 Å². The van der Waals surface area contributed by atoms with Gasteiger partial charge >= 0.3 is 0 Å². The van der Waals surface area contributed by atoms with Crippen LogP contribution in [0.5, 0.6) is 0 Å². The average Bonchev–Trinajstić information content (AvgIpc) is 2.46. The molecule has 0 atom stereocenters. The van der Waals surface area contributed by atoms with Crippen molar-refractivity contribution in [2.75, 3.05) is 11.9 Å². The minimum atomic E-state index is 0.401. The second-order valence-electron chi connectivity index (χ2n) is 4.72. The number of anilines is 1. The van der Waals surface area contributed by atoms with E-state index in [4.69, 9.17) is 0 Å². The summed E-state index contributed by atoms with van der Waals surface area (Å²) in [5, 5.41) is 18.1. The number of rotatable bonds is 6. The highest BCUT2D eigenvalue weighted by Gasteiger charge is 2.20. The molecule has 0 fully saturated rings. The highest BCUT2D eigenvalue weighted by molar-refractivity contribution is 5.58. The molecule has 1 heterocycles. The minimum Gasteiger partial charge on any atom is -0.354 e. The summed E-state index contributed by atoms with van der Waals surface area (Å²) in [7, 11) is 2.01. The Hall–Kier alpha value is -1.63. The molecule has 0 amide bonds. The van der Waals surface area contributed by atoms with Crippen LogP contribution in [0.2, 0.25) is 0 Å². The van der Waals surface area contributed by atoms with Crippen molar-refractivity contribution >= 4 is 5.82 Å².